The molecule has 39 heavy (non-hydrogen) atoms. The Morgan fingerprint density at radius 2 is 1.77 bits per heavy atom. The van der Waals surface area contributed by atoms with Crippen molar-refractivity contribution in [3.8, 4) is 17.1 Å². The summed E-state index contributed by atoms with van der Waals surface area (Å²) in [5.41, 5.74) is 9.85. The fourth-order valence-electron chi connectivity index (χ4n) is 5.49. The van der Waals surface area contributed by atoms with E-state index in [0.29, 0.717) is 30.5 Å². The molecule has 0 radical (unpaired) electrons. The van der Waals surface area contributed by atoms with Gasteiger partial charge in [-0.3, -0.25) is 4.79 Å². The first kappa shape index (κ1) is 27.1. The second kappa shape index (κ2) is 10.6. The summed E-state index contributed by atoms with van der Waals surface area (Å²) in [4.78, 5) is 24.7. The molecular formula is C29H35N5O4S. The molecule has 9 nitrogen and oxygen atoms in total. The van der Waals surface area contributed by atoms with Crippen LogP contribution in [0, 0.1) is 19.8 Å². The van der Waals surface area contributed by atoms with Gasteiger partial charge in [0.25, 0.3) is 15.9 Å². The van der Waals surface area contributed by atoms with Crippen LogP contribution in [0.5, 0.6) is 5.88 Å². The highest BCUT2D eigenvalue weighted by Gasteiger charge is 2.39. The number of hydrogen-bond acceptors (Lipinski definition) is 7. The Hall–Kier alpha value is -3.50. The van der Waals surface area contributed by atoms with Gasteiger partial charge in [0.1, 0.15) is 6.61 Å². The third-order valence-corrected chi connectivity index (χ3v) is 8.72. The van der Waals surface area contributed by atoms with E-state index in [4.69, 9.17) is 10.5 Å². The minimum Gasteiger partial charge on any atom is -0.475 e. The van der Waals surface area contributed by atoms with Crippen LogP contribution in [0.1, 0.15) is 54.6 Å². The Morgan fingerprint density at radius 1 is 1.08 bits per heavy atom. The van der Waals surface area contributed by atoms with E-state index in [2.05, 4.69) is 28.5 Å². The van der Waals surface area contributed by atoms with Gasteiger partial charge in [-0.15, -0.1) is 0 Å². The third kappa shape index (κ3) is 5.62. The monoisotopic (exact) mass is 549 g/mol. The molecule has 0 spiro atoms. The van der Waals surface area contributed by atoms with E-state index in [1.54, 1.807) is 18.2 Å². The molecule has 1 atom stereocenters. The molecule has 1 aromatic heterocycles. The molecule has 10 heteroatoms. The second-order valence-corrected chi connectivity index (χ2v) is 12.7. The molecule has 0 unspecified atom stereocenters. The zero-order valence-corrected chi connectivity index (χ0v) is 23.5. The van der Waals surface area contributed by atoms with Gasteiger partial charge in [-0.2, -0.15) is 4.98 Å². The van der Waals surface area contributed by atoms with Crippen LogP contribution in [-0.2, 0) is 10.0 Å². The zero-order valence-electron chi connectivity index (χ0n) is 22.7. The summed E-state index contributed by atoms with van der Waals surface area (Å²) < 4.78 is 35.6. The number of nitrogens with two attached hydrogens (primary N) is 1. The number of benzene rings is 2. The highest BCUT2D eigenvalue weighted by Crippen LogP contribution is 2.33. The Bertz CT molecular complexity index is 1480. The van der Waals surface area contributed by atoms with Crippen molar-refractivity contribution in [3.63, 3.8) is 0 Å². The fraction of sp³-hybridized carbons (Fsp3) is 0.414. The molecular weight excluding hydrogens is 514 g/mol. The van der Waals surface area contributed by atoms with Gasteiger partial charge >= 0.3 is 0 Å². The van der Waals surface area contributed by atoms with Crippen molar-refractivity contribution in [2.75, 3.05) is 11.3 Å². The SMILES string of the molecule is Cc1cccc(C)c1-c1cc2nc(n1)NS(=O)(=O)c1cccc(c1)C(=O)N(C1CC(N)C1)[C@H](CC(C)C)CO2. The zero-order chi connectivity index (χ0) is 27.9. The molecule has 1 aliphatic carbocycles. The lowest BCUT2D eigenvalue weighted by atomic mass is 9.84. The highest BCUT2D eigenvalue weighted by molar-refractivity contribution is 7.92. The number of nitrogens with one attached hydrogen (secondary N) is 1. The van der Waals surface area contributed by atoms with E-state index >= 15 is 0 Å². The Morgan fingerprint density at radius 3 is 2.44 bits per heavy atom. The van der Waals surface area contributed by atoms with Crippen LogP contribution in [0.4, 0.5) is 5.95 Å². The van der Waals surface area contributed by atoms with Crippen LogP contribution in [0.25, 0.3) is 11.3 Å². The molecule has 1 saturated carbocycles. The summed E-state index contributed by atoms with van der Waals surface area (Å²) in [5.74, 6) is 0.199. The molecule has 0 saturated heterocycles. The van der Waals surface area contributed by atoms with Crippen molar-refractivity contribution in [3.05, 3.63) is 65.2 Å². The van der Waals surface area contributed by atoms with Gasteiger partial charge in [0.2, 0.25) is 11.8 Å². The summed E-state index contributed by atoms with van der Waals surface area (Å²) in [7, 11) is -4.09. The van der Waals surface area contributed by atoms with Crippen LogP contribution in [0.2, 0.25) is 0 Å². The number of anilines is 1. The number of carbonyl (C=O) groups is 1. The molecule has 3 aromatic rings. The van der Waals surface area contributed by atoms with Crippen molar-refractivity contribution in [1.82, 2.24) is 14.9 Å². The van der Waals surface area contributed by atoms with Gasteiger partial charge in [-0.25, -0.2) is 18.1 Å². The van der Waals surface area contributed by atoms with Gasteiger partial charge in [0, 0.05) is 29.3 Å². The quantitative estimate of drug-likeness (QED) is 0.497. The molecule has 1 fully saturated rings. The van der Waals surface area contributed by atoms with Crippen LogP contribution in [-0.4, -0.2) is 53.9 Å². The fourth-order valence-corrected chi connectivity index (χ4v) is 6.48. The largest absolute Gasteiger partial charge is 0.475 e. The molecule has 1 aliphatic heterocycles. The number of hydrogen-bond donors (Lipinski definition) is 2. The lowest BCUT2D eigenvalue weighted by Gasteiger charge is -2.45. The first-order valence-corrected chi connectivity index (χ1v) is 14.8. The average molecular weight is 550 g/mol. The summed E-state index contributed by atoms with van der Waals surface area (Å²) in [6.45, 7) is 8.37. The predicted molar refractivity (Wildman–Crippen MR) is 150 cm³/mol. The maximum atomic E-state index is 13.9. The number of aryl methyl sites for hydroxylation is 2. The van der Waals surface area contributed by atoms with E-state index in [1.165, 1.54) is 12.1 Å². The van der Waals surface area contributed by atoms with Crippen molar-refractivity contribution < 1.29 is 17.9 Å². The lowest BCUT2D eigenvalue weighted by Crippen LogP contribution is -2.58. The Labute approximate surface area is 229 Å². The lowest BCUT2D eigenvalue weighted by molar-refractivity contribution is 0.0251. The second-order valence-electron chi connectivity index (χ2n) is 11.0. The van der Waals surface area contributed by atoms with Gasteiger partial charge in [-0.05, 0) is 68.4 Å². The first-order chi connectivity index (χ1) is 18.5. The van der Waals surface area contributed by atoms with Crippen LogP contribution in [0.15, 0.2) is 53.4 Å². The summed E-state index contributed by atoms with van der Waals surface area (Å²) in [6, 6.07) is 13.5. The number of rotatable bonds is 4. The number of nitrogens with zero attached hydrogens (tertiary/aromatic N) is 3. The van der Waals surface area contributed by atoms with Gasteiger partial charge in [0.05, 0.1) is 16.6 Å². The number of carbonyl (C=O) groups excluding carboxylic acids is 1. The highest BCUT2D eigenvalue weighted by atomic mass is 32.2. The molecule has 2 heterocycles. The molecule has 2 aromatic carbocycles. The van der Waals surface area contributed by atoms with E-state index in [0.717, 1.165) is 16.7 Å². The summed E-state index contributed by atoms with van der Waals surface area (Å²) in [6.07, 6.45) is 2.08. The number of fused-ring (bicyclic) bond motifs is 4. The maximum absolute atomic E-state index is 13.9. The topological polar surface area (TPSA) is 128 Å². The number of ether oxygens (including phenoxy) is 1. The number of aromatic nitrogens is 2. The van der Waals surface area contributed by atoms with Crippen molar-refractivity contribution >= 4 is 21.9 Å². The minimum atomic E-state index is -4.09. The Balaban J connectivity index is 1.66. The number of sulfonamides is 1. The summed E-state index contributed by atoms with van der Waals surface area (Å²) in [5, 5.41) is 0. The van der Waals surface area contributed by atoms with Gasteiger partial charge in [-0.1, -0.05) is 38.1 Å². The van der Waals surface area contributed by atoms with E-state index in [1.807, 2.05) is 36.9 Å². The van der Waals surface area contributed by atoms with Crippen LogP contribution in [0.3, 0.4) is 0 Å². The molecule has 2 aliphatic rings. The van der Waals surface area contributed by atoms with E-state index < -0.39 is 10.0 Å². The van der Waals surface area contributed by atoms with Crippen molar-refractivity contribution in [1.29, 1.82) is 0 Å². The maximum Gasteiger partial charge on any atom is 0.264 e. The van der Waals surface area contributed by atoms with Gasteiger partial charge < -0.3 is 15.4 Å². The van der Waals surface area contributed by atoms with Gasteiger partial charge in [0.15, 0.2) is 0 Å². The molecule has 1 amide bonds. The molecule has 4 bridgehead atoms. The van der Waals surface area contributed by atoms with E-state index in [9.17, 15) is 13.2 Å². The minimum absolute atomic E-state index is 0.0354. The van der Waals surface area contributed by atoms with Crippen LogP contribution < -0.4 is 15.2 Å². The predicted octanol–water partition coefficient (Wildman–Crippen LogP) is 4.30. The first-order valence-electron chi connectivity index (χ1n) is 13.3. The molecule has 3 N–H and O–H groups in total. The third-order valence-electron chi connectivity index (χ3n) is 7.39. The summed E-state index contributed by atoms with van der Waals surface area (Å²) >= 11 is 0. The Kier molecular flexibility index (Phi) is 7.35. The molecule has 206 valence electrons. The average Bonchev–Trinajstić information content (AvgIpc) is 2.85. The number of amides is 1. The van der Waals surface area contributed by atoms with Crippen LogP contribution >= 0.6 is 0 Å². The van der Waals surface area contributed by atoms with E-state index in [-0.39, 0.29) is 53.3 Å². The van der Waals surface area contributed by atoms with Crippen molar-refractivity contribution in [2.24, 2.45) is 11.7 Å². The normalized spacial score (nSPS) is 22.6. The molecule has 5 rings (SSSR count). The standard InChI is InChI=1S/C29H35N5O4S/c1-17(2)11-23-16-38-26-15-25(27-18(3)7-5-8-19(27)4)31-29(32-26)33-39(36,37)24-10-6-9-20(12-24)28(35)34(23)22-13-21(30)14-22/h5-10,12,15,17,21-23H,11,13-14,16,30H2,1-4H3,(H,31,32,33)/t21?,22?,23-/m1/s1. The smallest absolute Gasteiger partial charge is 0.264 e. The van der Waals surface area contributed by atoms with Crippen molar-refractivity contribution in [2.45, 2.75) is 70.0 Å².